The molecular formula is C20H25N3O5S. The third-order valence-electron chi connectivity index (χ3n) is 5.23. The molecule has 0 saturated carbocycles. The van der Waals surface area contributed by atoms with Crippen LogP contribution in [-0.4, -0.2) is 54.9 Å². The Morgan fingerprint density at radius 3 is 2.76 bits per heavy atom. The number of hydrogen-bond donors (Lipinski definition) is 1. The Labute approximate surface area is 170 Å². The van der Waals surface area contributed by atoms with Crippen molar-refractivity contribution in [1.29, 1.82) is 0 Å². The van der Waals surface area contributed by atoms with Gasteiger partial charge in [-0.3, -0.25) is 4.79 Å². The Kier molecular flexibility index (Phi) is 5.60. The summed E-state index contributed by atoms with van der Waals surface area (Å²) in [4.78, 5) is 12.7. The minimum atomic E-state index is -3.04. The minimum Gasteiger partial charge on any atom is -0.491 e. The van der Waals surface area contributed by atoms with Gasteiger partial charge in [0.1, 0.15) is 18.2 Å². The van der Waals surface area contributed by atoms with Gasteiger partial charge in [-0.15, -0.1) is 0 Å². The van der Waals surface area contributed by atoms with Gasteiger partial charge >= 0.3 is 0 Å². The first kappa shape index (κ1) is 19.9. The van der Waals surface area contributed by atoms with Gasteiger partial charge < -0.3 is 14.8 Å². The number of benzene rings is 1. The maximum absolute atomic E-state index is 12.7. The molecule has 0 spiro atoms. The van der Waals surface area contributed by atoms with Crippen molar-refractivity contribution in [3.63, 3.8) is 0 Å². The van der Waals surface area contributed by atoms with Gasteiger partial charge in [0.25, 0.3) is 5.91 Å². The largest absolute Gasteiger partial charge is 0.491 e. The van der Waals surface area contributed by atoms with Crippen molar-refractivity contribution in [1.82, 2.24) is 9.78 Å². The lowest BCUT2D eigenvalue weighted by Crippen LogP contribution is -2.19. The second-order valence-corrected chi connectivity index (χ2v) is 9.83. The van der Waals surface area contributed by atoms with E-state index in [1.807, 2.05) is 6.92 Å². The lowest BCUT2D eigenvalue weighted by molar-refractivity contribution is 0.0679. The Morgan fingerprint density at radius 1 is 1.31 bits per heavy atom. The molecule has 2 aliphatic heterocycles. The molecule has 2 unspecified atom stereocenters. The standard InChI is InChI=1S/C20H25N3O5S/c1-14-11-19(23(22-14)16-8-10-29(25,26)13-16)21-20(24)15-4-6-17(7-5-15)28-12-18-3-2-9-27-18/h4-7,11,16,18H,2-3,8-10,12-13H2,1H3,(H,21,24). The van der Waals surface area contributed by atoms with Crippen LogP contribution in [0.15, 0.2) is 30.3 Å². The monoisotopic (exact) mass is 419 g/mol. The van der Waals surface area contributed by atoms with Crippen LogP contribution >= 0.6 is 0 Å². The summed E-state index contributed by atoms with van der Waals surface area (Å²) in [6, 6.07) is 8.42. The molecule has 1 amide bonds. The zero-order chi connectivity index (χ0) is 20.4. The van der Waals surface area contributed by atoms with Gasteiger partial charge in [0.15, 0.2) is 9.84 Å². The van der Waals surface area contributed by atoms with Crippen molar-refractivity contribution in [3.05, 3.63) is 41.6 Å². The predicted molar refractivity (Wildman–Crippen MR) is 108 cm³/mol. The quantitative estimate of drug-likeness (QED) is 0.772. The van der Waals surface area contributed by atoms with Crippen molar-refractivity contribution in [3.8, 4) is 5.75 Å². The number of anilines is 1. The highest BCUT2D eigenvalue weighted by molar-refractivity contribution is 7.91. The van der Waals surface area contributed by atoms with Crippen LogP contribution in [0.4, 0.5) is 5.82 Å². The highest BCUT2D eigenvalue weighted by Crippen LogP contribution is 2.27. The van der Waals surface area contributed by atoms with Crippen LogP contribution in [0.25, 0.3) is 0 Å². The smallest absolute Gasteiger partial charge is 0.256 e. The number of rotatable bonds is 6. The number of nitrogens with one attached hydrogen (secondary N) is 1. The number of amides is 1. The molecule has 2 saturated heterocycles. The van der Waals surface area contributed by atoms with Crippen LogP contribution in [0, 0.1) is 6.92 Å². The lowest BCUT2D eigenvalue weighted by Gasteiger charge is -2.14. The molecule has 8 nitrogen and oxygen atoms in total. The van der Waals surface area contributed by atoms with Gasteiger partial charge in [0.05, 0.1) is 29.3 Å². The van der Waals surface area contributed by atoms with Gasteiger partial charge in [0, 0.05) is 18.2 Å². The molecule has 2 aromatic rings. The maximum atomic E-state index is 12.7. The topological polar surface area (TPSA) is 99.5 Å². The molecule has 1 aromatic heterocycles. The minimum absolute atomic E-state index is 0.0493. The number of aromatic nitrogens is 2. The van der Waals surface area contributed by atoms with E-state index in [1.54, 1.807) is 35.0 Å². The van der Waals surface area contributed by atoms with E-state index in [0.717, 1.165) is 25.1 Å². The molecule has 1 N–H and O–H groups in total. The number of carbonyl (C=O) groups excluding carboxylic acids is 1. The predicted octanol–water partition coefficient (Wildman–Crippen LogP) is 2.36. The summed E-state index contributed by atoms with van der Waals surface area (Å²) < 4.78 is 36.5. The third kappa shape index (κ3) is 4.79. The highest BCUT2D eigenvalue weighted by atomic mass is 32.2. The number of hydrogen-bond acceptors (Lipinski definition) is 6. The zero-order valence-electron chi connectivity index (χ0n) is 16.3. The Hall–Kier alpha value is -2.39. The number of aryl methyl sites for hydroxylation is 1. The fraction of sp³-hybridized carbons (Fsp3) is 0.500. The van der Waals surface area contributed by atoms with E-state index < -0.39 is 9.84 Å². The molecule has 156 valence electrons. The highest BCUT2D eigenvalue weighted by Gasteiger charge is 2.31. The third-order valence-corrected chi connectivity index (χ3v) is 6.98. The molecule has 0 aliphatic carbocycles. The summed E-state index contributed by atoms with van der Waals surface area (Å²) in [5, 5.41) is 7.24. The second-order valence-electron chi connectivity index (χ2n) is 7.60. The summed E-state index contributed by atoms with van der Waals surface area (Å²) in [5.41, 5.74) is 1.21. The van der Waals surface area contributed by atoms with Gasteiger partial charge in [-0.05, 0) is 50.5 Å². The van der Waals surface area contributed by atoms with E-state index in [0.29, 0.717) is 30.2 Å². The summed E-state index contributed by atoms with van der Waals surface area (Å²) in [6.07, 6.45) is 2.72. The maximum Gasteiger partial charge on any atom is 0.256 e. The van der Waals surface area contributed by atoms with Crippen molar-refractivity contribution in [2.45, 2.75) is 38.3 Å². The first-order valence-corrected chi connectivity index (χ1v) is 11.6. The van der Waals surface area contributed by atoms with E-state index in [1.165, 1.54) is 0 Å². The molecule has 2 fully saturated rings. The van der Waals surface area contributed by atoms with Crippen LogP contribution in [0.3, 0.4) is 0 Å². The molecule has 0 bridgehead atoms. The first-order chi connectivity index (χ1) is 13.9. The molecule has 3 heterocycles. The van der Waals surface area contributed by atoms with Crippen molar-refractivity contribution in [2.75, 3.05) is 30.0 Å². The summed E-state index contributed by atoms with van der Waals surface area (Å²) in [7, 11) is -3.04. The molecule has 29 heavy (non-hydrogen) atoms. The van der Waals surface area contributed by atoms with Crippen LogP contribution in [0.1, 0.15) is 41.4 Å². The first-order valence-electron chi connectivity index (χ1n) is 9.82. The Balaban J connectivity index is 1.40. The van der Waals surface area contributed by atoms with Gasteiger partial charge in [-0.1, -0.05) is 0 Å². The second kappa shape index (κ2) is 8.16. The van der Waals surface area contributed by atoms with Crippen molar-refractivity contribution in [2.24, 2.45) is 0 Å². The van der Waals surface area contributed by atoms with E-state index >= 15 is 0 Å². The average Bonchev–Trinajstić information content (AvgIpc) is 3.41. The molecule has 4 rings (SSSR count). The van der Waals surface area contributed by atoms with E-state index in [9.17, 15) is 13.2 Å². The van der Waals surface area contributed by atoms with Crippen molar-refractivity contribution < 1.29 is 22.7 Å². The number of carbonyl (C=O) groups is 1. The molecule has 9 heteroatoms. The van der Waals surface area contributed by atoms with Crippen molar-refractivity contribution >= 4 is 21.6 Å². The van der Waals surface area contributed by atoms with Gasteiger partial charge in [-0.2, -0.15) is 5.10 Å². The fourth-order valence-electron chi connectivity index (χ4n) is 3.71. The zero-order valence-corrected chi connectivity index (χ0v) is 17.2. The number of sulfone groups is 1. The van der Waals surface area contributed by atoms with Crippen LogP contribution in [-0.2, 0) is 14.6 Å². The molecule has 2 aliphatic rings. The SMILES string of the molecule is Cc1cc(NC(=O)c2ccc(OCC3CCCO3)cc2)n(C2CCS(=O)(=O)C2)n1. The van der Waals surface area contributed by atoms with Gasteiger partial charge in [-0.25, -0.2) is 13.1 Å². The van der Waals surface area contributed by atoms with Crippen LogP contribution < -0.4 is 10.1 Å². The molecule has 1 aromatic carbocycles. The number of ether oxygens (including phenoxy) is 2. The van der Waals surface area contributed by atoms with E-state index in [2.05, 4.69) is 10.4 Å². The lowest BCUT2D eigenvalue weighted by atomic mass is 10.2. The average molecular weight is 420 g/mol. The van der Waals surface area contributed by atoms with Crippen LogP contribution in [0.5, 0.6) is 5.75 Å². The molecule has 0 radical (unpaired) electrons. The summed E-state index contributed by atoms with van der Waals surface area (Å²) in [5.74, 6) is 1.12. The van der Waals surface area contributed by atoms with Crippen LogP contribution in [0.2, 0.25) is 0 Å². The molecule has 2 atom stereocenters. The summed E-state index contributed by atoms with van der Waals surface area (Å²) in [6.45, 7) is 3.11. The summed E-state index contributed by atoms with van der Waals surface area (Å²) >= 11 is 0. The normalized spacial score (nSPS) is 23.2. The number of nitrogens with zero attached hydrogens (tertiary/aromatic N) is 2. The fourth-order valence-corrected chi connectivity index (χ4v) is 5.40. The molecular weight excluding hydrogens is 394 g/mol. The Bertz CT molecular complexity index is 978. The van der Waals surface area contributed by atoms with Gasteiger partial charge in [0.2, 0.25) is 0 Å². The van der Waals surface area contributed by atoms with E-state index in [-0.39, 0.29) is 29.6 Å². The van der Waals surface area contributed by atoms with E-state index in [4.69, 9.17) is 9.47 Å². The Morgan fingerprint density at radius 2 is 2.10 bits per heavy atom.